The number of sulfonamides is 1. The van der Waals surface area contributed by atoms with E-state index in [0.717, 1.165) is 16.8 Å². The summed E-state index contributed by atoms with van der Waals surface area (Å²) in [7, 11) is -1.95. The van der Waals surface area contributed by atoms with Crippen LogP contribution in [0.1, 0.15) is 24.0 Å². The SMILES string of the molecule is Cc1ccc(NC(=O)C2CCCN(S(=O)(=O)c3cn(C)cn3)C2)cc1C. The van der Waals surface area contributed by atoms with Crippen molar-refractivity contribution < 1.29 is 13.2 Å². The van der Waals surface area contributed by atoms with Crippen LogP contribution in [-0.4, -0.2) is 41.3 Å². The van der Waals surface area contributed by atoms with Crippen molar-refractivity contribution in [3.8, 4) is 0 Å². The highest BCUT2D eigenvalue weighted by atomic mass is 32.2. The van der Waals surface area contributed by atoms with Gasteiger partial charge in [0.2, 0.25) is 5.91 Å². The number of hydrogen-bond acceptors (Lipinski definition) is 4. The third kappa shape index (κ3) is 3.81. The highest BCUT2D eigenvalue weighted by molar-refractivity contribution is 7.89. The normalized spacial score (nSPS) is 18.7. The van der Waals surface area contributed by atoms with Crippen LogP contribution in [0.3, 0.4) is 0 Å². The lowest BCUT2D eigenvalue weighted by Crippen LogP contribution is -2.43. The summed E-state index contributed by atoms with van der Waals surface area (Å²) in [5, 5.41) is 2.94. The number of aromatic nitrogens is 2. The first-order valence-corrected chi connectivity index (χ1v) is 10.1. The number of anilines is 1. The molecule has 0 aliphatic carbocycles. The van der Waals surface area contributed by atoms with Crippen LogP contribution in [0.25, 0.3) is 0 Å². The lowest BCUT2D eigenvalue weighted by atomic mass is 9.98. The predicted molar refractivity (Wildman–Crippen MR) is 99.2 cm³/mol. The molecule has 1 atom stereocenters. The van der Waals surface area contributed by atoms with Gasteiger partial charge in [-0.2, -0.15) is 4.31 Å². The molecule has 2 aromatic rings. The van der Waals surface area contributed by atoms with Crippen LogP contribution in [0, 0.1) is 19.8 Å². The van der Waals surface area contributed by atoms with Crippen molar-refractivity contribution in [1.82, 2.24) is 13.9 Å². The van der Waals surface area contributed by atoms with E-state index in [9.17, 15) is 13.2 Å². The minimum absolute atomic E-state index is 0.0233. The highest BCUT2D eigenvalue weighted by Gasteiger charge is 2.34. The van der Waals surface area contributed by atoms with Gasteiger partial charge in [0, 0.05) is 32.0 Å². The molecular weight excluding hydrogens is 352 g/mol. The molecule has 8 heteroatoms. The van der Waals surface area contributed by atoms with Crippen LogP contribution in [-0.2, 0) is 21.9 Å². The molecule has 1 unspecified atom stereocenters. The molecular formula is C18H24N4O3S. The Morgan fingerprint density at radius 1 is 1.27 bits per heavy atom. The van der Waals surface area contributed by atoms with E-state index in [4.69, 9.17) is 0 Å². The number of nitrogens with one attached hydrogen (secondary N) is 1. The number of nitrogens with zero attached hydrogens (tertiary/aromatic N) is 3. The average Bonchev–Trinajstić information content (AvgIpc) is 3.05. The van der Waals surface area contributed by atoms with E-state index in [1.807, 2.05) is 32.0 Å². The van der Waals surface area contributed by atoms with Gasteiger partial charge in [-0.25, -0.2) is 13.4 Å². The Hall–Kier alpha value is -2.19. The maximum absolute atomic E-state index is 12.7. The molecule has 140 valence electrons. The maximum Gasteiger partial charge on any atom is 0.262 e. The van der Waals surface area contributed by atoms with Crippen LogP contribution in [0.4, 0.5) is 5.69 Å². The Morgan fingerprint density at radius 3 is 2.69 bits per heavy atom. The fourth-order valence-corrected chi connectivity index (χ4v) is 4.58. The second kappa shape index (κ2) is 7.20. The minimum Gasteiger partial charge on any atom is -0.339 e. The van der Waals surface area contributed by atoms with Gasteiger partial charge < -0.3 is 9.88 Å². The van der Waals surface area contributed by atoms with Crippen LogP contribution in [0.5, 0.6) is 0 Å². The number of carbonyl (C=O) groups excluding carboxylic acids is 1. The number of piperidine rings is 1. The van der Waals surface area contributed by atoms with E-state index in [0.29, 0.717) is 19.4 Å². The number of imidazole rings is 1. The maximum atomic E-state index is 12.7. The van der Waals surface area contributed by atoms with E-state index < -0.39 is 10.0 Å². The van der Waals surface area contributed by atoms with Gasteiger partial charge >= 0.3 is 0 Å². The minimum atomic E-state index is -3.67. The van der Waals surface area contributed by atoms with E-state index in [-0.39, 0.29) is 23.4 Å². The number of benzene rings is 1. The molecule has 1 amide bonds. The van der Waals surface area contributed by atoms with E-state index in [2.05, 4.69) is 10.3 Å². The van der Waals surface area contributed by atoms with Gasteiger partial charge in [0.05, 0.1) is 12.2 Å². The average molecular weight is 376 g/mol. The number of rotatable bonds is 4. The zero-order valence-corrected chi connectivity index (χ0v) is 16.1. The summed E-state index contributed by atoms with van der Waals surface area (Å²) in [4.78, 5) is 16.6. The number of hydrogen-bond donors (Lipinski definition) is 1. The lowest BCUT2D eigenvalue weighted by molar-refractivity contribution is -0.120. The molecule has 3 rings (SSSR count). The molecule has 0 radical (unpaired) electrons. The summed E-state index contributed by atoms with van der Waals surface area (Å²) in [6.45, 7) is 4.59. The van der Waals surface area contributed by atoms with Crippen molar-refractivity contribution >= 4 is 21.6 Å². The second-order valence-electron chi connectivity index (χ2n) is 6.87. The molecule has 1 aromatic heterocycles. The Balaban J connectivity index is 1.71. The van der Waals surface area contributed by atoms with E-state index in [1.165, 1.54) is 16.8 Å². The monoisotopic (exact) mass is 376 g/mol. The van der Waals surface area contributed by atoms with Crippen molar-refractivity contribution in [2.75, 3.05) is 18.4 Å². The van der Waals surface area contributed by atoms with Crippen molar-refractivity contribution in [2.45, 2.75) is 31.7 Å². The molecule has 0 saturated carbocycles. The van der Waals surface area contributed by atoms with Crippen molar-refractivity contribution in [2.24, 2.45) is 13.0 Å². The number of aryl methyl sites for hydroxylation is 3. The third-order valence-corrected chi connectivity index (χ3v) is 6.57. The van der Waals surface area contributed by atoms with Gasteiger partial charge in [0.25, 0.3) is 10.0 Å². The standard InChI is InChI=1S/C18H24N4O3S/c1-13-6-7-16(9-14(13)2)20-18(23)15-5-4-8-22(10-15)26(24,25)17-11-21(3)12-19-17/h6-7,9,11-12,15H,4-5,8,10H2,1-3H3,(H,20,23). The zero-order chi connectivity index (χ0) is 18.9. The molecule has 1 aromatic carbocycles. The highest BCUT2D eigenvalue weighted by Crippen LogP contribution is 2.24. The van der Waals surface area contributed by atoms with Gasteiger partial charge in [0.1, 0.15) is 0 Å². The molecule has 0 spiro atoms. The fraction of sp³-hybridized carbons (Fsp3) is 0.444. The summed E-state index contributed by atoms with van der Waals surface area (Å²) >= 11 is 0. The largest absolute Gasteiger partial charge is 0.339 e. The lowest BCUT2D eigenvalue weighted by Gasteiger charge is -2.30. The summed E-state index contributed by atoms with van der Waals surface area (Å²) in [6, 6.07) is 5.76. The van der Waals surface area contributed by atoms with E-state index in [1.54, 1.807) is 11.6 Å². The molecule has 1 aliphatic rings. The van der Waals surface area contributed by atoms with Crippen molar-refractivity contribution in [1.29, 1.82) is 0 Å². The van der Waals surface area contributed by atoms with Gasteiger partial charge in [-0.3, -0.25) is 4.79 Å². The fourth-order valence-electron chi connectivity index (χ4n) is 3.09. The van der Waals surface area contributed by atoms with Crippen LogP contribution < -0.4 is 5.32 Å². The van der Waals surface area contributed by atoms with Crippen LogP contribution in [0.2, 0.25) is 0 Å². The smallest absolute Gasteiger partial charge is 0.262 e. The molecule has 2 heterocycles. The summed E-state index contributed by atoms with van der Waals surface area (Å²) in [5.74, 6) is -0.516. The molecule has 1 saturated heterocycles. The van der Waals surface area contributed by atoms with Crippen molar-refractivity contribution in [3.05, 3.63) is 41.9 Å². The molecule has 1 aliphatic heterocycles. The van der Waals surface area contributed by atoms with Crippen molar-refractivity contribution in [3.63, 3.8) is 0 Å². The summed E-state index contributed by atoms with van der Waals surface area (Å²) < 4.78 is 28.4. The molecule has 0 bridgehead atoms. The third-order valence-electron chi connectivity index (χ3n) is 4.81. The van der Waals surface area contributed by atoms with Gasteiger partial charge in [-0.15, -0.1) is 0 Å². The number of carbonyl (C=O) groups is 1. The second-order valence-corrected chi connectivity index (χ2v) is 8.75. The summed E-state index contributed by atoms with van der Waals surface area (Å²) in [6.07, 6.45) is 4.26. The first-order valence-electron chi connectivity index (χ1n) is 8.63. The van der Waals surface area contributed by atoms with Crippen LogP contribution in [0.15, 0.2) is 35.7 Å². The molecule has 7 nitrogen and oxygen atoms in total. The Morgan fingerprint density at radius 2 is 2.04 bits per heavy atom. The van der Waals surface area contributed by atoms with Gasteiger partial charge in [-0.05, 0) is 49.9 Å². The topological polar surface area (TPSA) is 84.3 Å². The molecule has 1 N–H and O–H groups in total. The number of amides is 1. The summed E-state index contributed by atoms with van der Waals surface area (Å²) in [5.41, 5.74) is 3.00. The van der Waals surface area contributed by atoms with Gasteiger partial charge in [0.15, 0.2) is 5.03 Å². The Bertz CT molecular complexity index is 920. The van der Waals surface area contributed by atoms with E-state index >= 15 is 0 Å². The van der Waals surface area contributed by atoms with Gasteiger partial charge in [-0.1, -0.05) is 6.07 Å². The first kappa shape index (κ1) is 18.6. The molecule has 1 fully saturated rings. The van der Waals surface area contributed by atoms with Crippen LogP contribution >= 0.6 is 0 Å². The predicted octanol–water partition coefficient (Wildman–Crippen LogP) is 2.08. The molecule has 26 heavy (non-hydrogen) atoms. The zero-order valence-electron chi connectivity index (χ0n) is 15.3. The quantitative estimate of drug-likeness (QED) is 0.885. The Kier molecular flexibility index (Phi) is 5.15. The first-order chi connectivity index (χ1) is 12.3. The Labute approximate surface area is 154 Å².